The lowest BCUT2D eigenvalue weighted by Gasteiger charge is -2.33. The van der Waals surface area contributed by atoms with Crippen LogP contribution in [0.25, 0.3) is 0 Å². The van der Waals surface area contributed by atoms with E-state index < -0.39 is 12.8 Å². The van der Waals surface area contributed by atoms with E-state index in [0.29, 0.717) is 6.42 Å². The highest BCUT2D eigenvalue weighted by atomic mass is 19.4. The van der Waals surface area contributed by atoms with Crippen molar-refractivity contribution < 1.29 is 17.9 Å². The number of nitrogens with one attached hydrogen (secondary N) is 1. The molecule has 0 rings (SSSR count). The summed E-state index contributed by atoms with van der Waals surface area (Å²) in [7, 11) is 0. The van der Waals surface area contributed by atoms with Crippen LogP contribution in [0.4, 0.5) is 13.2 Å². The lowest BCUT2D eigenvalue weighted by Crippen LogP contribution is -2.43. The molecular formula is C13H26F3NO. The van der Waals surface area contributed by atoms with Gasteiger partial charge in [-0.15, -0.1) is 0 Å². The molecule has 0 aromatic heterocycles. The number of alkyl halides is 3. The zero-order valence-corrected chi connectivity index (χ0v) is 12.1. The highest BCUT2D eigenvalue weighted by molar-refractivity contribution is 4.80. The topological polar surface area (TPSA) is 21.3 Å². The van der Waals surface area contributed by atoms with Crippen molar-refractivity contribution in [2.75, 3.05) is 19.8 Å². The van der Waals surface area contributed by atoms with Gasteiger partial charge < -0.3 is 10.1 Å². The predicted octanol–water partition coefficient (Wildman–Crippen LogP) is 3.76. The molecule has 2 nitrogen and oxygen atoms in total. The van der Waals surface area contributed by atoms with Gasteiger partial charge >= 0.3 is 6.18 Å². The third-order valence-corrected chi connectivity index (χ3v) is 3.01. The van der Waals surface area contributed by atoms with Crippen LogP contribution in [0.3, 0.4) is 0 Å². The normalized spacial score (nSPS) is 16.7. The number of rotatable bonds is 7. The fourth-order valence-corrected chi connectivity index (χ4v) is 1.38. The van der Waals surface area contributed by atoms with Crippen molar-refractivity contribution in [3.8, 4) is 0 Å². The molecule has 5 heteroatoms. The van der Waals surface area contributed by atoms with Gasteiger partial charge in [-0.1, -0.05) is 13.8 Å². The Morgan fingerprint density at radius 2 is 1.61 bits per heavy atom. The molecule has 0 aromatic rings. The Morgan fingerprint density at radius 3 is 2.00 bits per heavy atom. The zero-order chi connectivity index (χ0) is 14.4. The molecule has 0 fully saturated rings. The summed E-state index contributed by atoms with van der Waals surface area (Å²) in [6.07, 6.45) is -2.69. The first-order chi connectivity index (χ1) is 7.97. The quantitative estimate of drug-likeness (QED) is 0.711. The summed E-state index contributed by atoms with van der Waals surface area (Å²) in [6, 6.07) is 0. The Labute approximate surface area is 108 Å². The van der Waals surface area contributed by atoms with Gasteiger partial charge in [0.1, 0.15) is 6.61 Å². The first-order valence-corrected chi connectivity index (χ1v) is 6.37. The van der Waals surface area contributed by atoms with Crippen LogP contribution in [0.15, 0.2) is 0 Å². The summed E-state index contributed by atoms with van der Waals surface area (Å²) in [6.45, 7) is 10.1. The number of hydrogen-bond donors (Lipinski definition) is 1. The van der Waals surface area contributed by atoms with Crippen LogP contribution in [-0.4, -0.2) is 31.5 Å². The fourth-order valence-electron chi connectivity index (χ4n) is 1.38. The van der Waals surface area contributed by atoms with E-state index in [1.807, 2.05) is 6.92 Å². The van der Waals surface area contributed by atoms with E-state index in [1.54, 1.807) is 0 Å². The van der Waals surface area contributed by atoms with Crippen molar-refractivity contribution in [1.82, 2.24) is 5.32 Å². The van der Waals surface area contributed by atoms with Crippen LogP contribution >= 0.6 is 0 Å². The van der Waals surface area contributed by atoms with Crippen molar-refractivity contribution in [3.63, 3.8) is 0 Å². The Hall–Kier alpha value is -0.290. The number of ether oxygens (including phenoxy) is 1. The van der Waals surface area contributed by atoms with E-state index in [-0.39, 0.29) is 17.6 Å². The van der Waals surface area contributed by atoms with Gasteiger partial charge in [-0.25, -0.2) is 0 Å². The van der Waals surface area contributed by atoms with E-state index in [2.05, 4.69) is 37.7 Å². The first-order valence-electron chi connectivity index (χ1n) is 6.37. The highest BCUT2D eigenvalue weighted by Crippen LogP contribution is 2.26. The molecule has 0 bridgehead atoms. The fraction of sp³-hybridized carbons (Fsp3) is 1.00. The van der Waals surface area contributed by atoms with E-state index in [9.17, 15) is 13.2 Å². The van der Waals surface area contributed by atoms with Gasteiger partial charge in [-0.3, -0.25) is 0 Å². The Kier molecular flexibility index (Phi) is 6.65. The molecular weight excluding hydrogens is 243 g/mol. The summed E-state index contributed by atoms with van der Waals surface area (Å²) >= 11 is 0. The van der Waals surface area contributed by atoms with Gasteiger partial charge in [0.05, 0.1) is 0 Å². The monoisotopic (exact) mass is 269 g/mol. The second-order valence-electron chi connectivity index (χ2n) is 6.19. The molecule has 0 aliphatic rings. The van der Waals surface area contributed by atoms with Gasteiger partial charge in [0.25, 0.3) is 0 Å². The average Bonchev–Trinajstić information content (AvgIpc) is 2.19. The van der Waals surface area contributed by atoms with Crippen molar-refractivity contribution in [1.29, 1.82) is 0 Å². The molecule has 0 aromatic carbocycles. The minimum atomic E-state index is -4.23. The van der Waals surface area contributed by atoms with Gasteiger partial charge in [0, 0.05) is 18.7 Å². The third kappa shape index (κ3) is 9.71. The smallest absolute Gasteiger partial charge is 0.372 e. The molecule has 1 unspecified atom stereocenters. The van der Waals surface area contributed by atoms with Gasteiger partial charge in [0.15, 0.2) is 0 Å². The molecule has 0 amide bonds. The standard InChI is InChI=1S/C13H26F3NO/c1-6-12(5,9-17-11(2,3)4)7-8-18-10-13(14,15)16/h17H,6-10H2,1-5H3. The Balaban J connectivity index is 4.01. The van der Waals surface area contributed by atoms with Crippen LogP contribution < -0.4 is 5.32 Å². The third-order valence-electron chi connectivity index (χ3n) is 3.01. The van der Waals surface area contributed by atoms with Crippen LogP contribution in [0.5, 0.6) is 0 Å². The second-order valence-corrected chi connectivity index (χ2v) is 6.19. The molecule has 0 aliphatic heterocycles. The van der Waals surface area contributed by atoms with Crippen molar-refractivity contribution in [3.05, 3.63) is 0 Å². The molecule has 0 heterocycles. The second kappa shape index (κ2) is 6.75. The summed E-state index contributed by atoms with van der Waals surface area (Å²) in [5, 5.41) is 3.39. The lowest BCUT2D eigenvalue weighted by atomic mass is 9.83. The molecule has 0 radical (unpaired) electrons. The maximum atomic E-state index is 11.9. The molecule has 18 heavy (non-hydrogen) atoms. The van der Waals surface area contributed by atoms with Crippen molar-refractivity contribution in [2.24, 2.45) is 5.41 Å². The van der Waals surface area contributed by atoms with Crippen molar-refractivity contribution >= 4 is 0 Å². The molecule has 1 atom stereocenters. The highest BCUT2D eigenvalue weighted by Gasteiger charge is 2.29. The molecule has 0 saturated heterocycles. The van der Waals surface area contributed by atoms with E-state index in [4.69, 9.17) is 0 Å². The summed E-state index contributed by atoms with van der Waals surface area (Å²) in [4.78, 5) is 0. The summed E-state index contributed by atoms with van der Waals surface area (Å²) in [5.74, 6) is 0. The van der Waals surface area contributed by atoms with Crippen LogP contribution in [-0.2, 0) is 4.74 Å². The molecule has 110 valence electrons. The maximum absolute atomic E-state index is 11.9. The van der Waals surface area contributed by atoms with Gasteiger partial charge in [0.2, 0.25) is 0 Å². The van der Waals surface area contributed by atoms with Crippen LogP contribution in [0.1, 0.15) is 47.5 Å². The SMILES string of the molecule is CCC(C)(CCOCC(F)(F)F)CNC(C)(C)C. The molecule has 0 spiro atoms. The minimum Gasteiger partial charge on any atom is -0.372 e. The Bertz CT molecular complexity index is 235. The summed E-state index contributed by atoms with van der Waals surface area (Å²) < 4.78 is 40.4. The van der Waals surface area contributed by atoms with Gasteiger partial charge in [-0.2, -0.15) is 13.2 Å². The molecule has 1 N–H and O–H groups in total. The van der Waals surface area contributed by atoms with Crippen LogP contribution in [0.2, 0.25) is 0 Å². The van der Waals surface area contributed by atoms with E-state index in [1.165, 1.54) is 0 Å². The predicted molar refractivity (Wildman–Crippen MR) is 67.6 cm³/mol. The van der Waals surface area contributed by atoms with Gasteiger partial charge in [-0.05, 0) is 39.0 Å². The number of hydrogen-bond acceptors (Lipinski definition) is 2. The van der Waals surface area contributed by atoms with Crippen molar-refractivity contribution in [2.45, 2.75) is 59.2 Å². The molecule has 0 aliphatic carbocycles. The minimum absolute atomic E-state index is 0.0171. The molecule has 0 saturated carbocycles. The van der Waals surface area contributed by atoms with E-state index >= 15 is 0 Å². The maximum Gasteiger partial charge on any atom is 0.411 e. The first kappa shape index (κ1) is 17.7. The average molecular weight is 269 g/mol. The lowest BCUT2D eigenvalue weighted by molar-refractivity contribution is -0.175. The largest absolute Gasteiger partial charge is 0.411 e. The van der Waals surface area contributed by atoms with Crippen LogP contribution in [0, 0.1) is 5.41 Å². The number of halogens is 3. The zero-order valence-electron chi connectivity index (χ0n) is 12.1. The van der Waals surface area contributed by atoms with E-state index in [0.717, 1.165) is 13.0 Å². The summed E-state index contributed by atoms with van der Waals surface area (Å²) in [5.41, 5.74) is -0.0118. The Morgan fingerprint density at radius 1 is 1.06 bits per heavy atom.